The molecule has 3 aliphatic rings. The van der Waals surface area contributed by atoms with Crippen molar-refractivity contribution in [2.75, 3.05) is 18.2 Å². The third kappa shape index (κ3) is 4.48. The number of carbonyl (C=O) groups excluding carboxylic acids is 1. The second-order valence-electron chi connectivity index (χ2n) is 9.30. The van der Waals surface area contributed by atoms with Crippen LogP contribution in [0, 0.1) is 5.92 Å². The second-order valence-corrected chi connectivity index (χ2v) is 11.3. The van der Waals surface area contributed by atoms with Crippen molar-refractivity contribution in [2.24, 2.45) is 10.9 Å². The van der Waals surface area contributed by atoms with Gasteiger partial charge >= 0.3 is 0 Å². The van der Waals surface area contributed by atoms with Crippen LogP contribution in [-0.2, 0) is 32.2 Å². The number of sulfone groups is 1. The highest BCUT2D eigenvalue weighted by Gasteiger charge is 2.60. The number of anilines is 2. The van der Waals surface area contributed by atoms with Gasteiger partial charge in [-0.2, -0.15) is 0 Å². The lowest BCUT2D eigenvalue weighted by Crippen LogP contribution is -2.12. The molecule has 34 heavy (non-hydrogen) atoms. The Morgan fingerprint density at radius 1 is 1.26 bits per heavy atom. The number of pyridine rings is 1. The minimum Gasteiger partial charge on any atom is -0.374 e. The van der Waals surface area contributed by atoms with Gasteiger partial charge in [0.1, 0.15) is 11.5 Å². The fourth-order valence-corrected chi connectivity index (χ4v) is 5.42. The number of aromatic nitrogens is 1. The van der Waals surface area contributed by atoms with Crippen molar-refractivity contribution >= 4 is 38.4 Å². The van der Waals surface area contributed by atoms with Gasteiger partial charge in [0.05, 0.1) is 39.7 Å². The van der Waals surface area contributed by atoms with Crippen LogP contribution in [-0.4, -0.2) is 43.7 Å². The molecule has 2 fully saturated rings. The van der Waals surface area contributed by atoms with Crippen molar-refractivity contribution < 1.29 is 26.7 Å². The van der Waals surface area contributed by atoms with Gasteiger partial charge < -0.3 is 10.1 Å². The summed E-state index contributed by atoms with van der Waals surface area (Å²) in [6, 6.07) is 6.76. The molecule has 1 unspecified atom stereocenters. The van der Waals surface area contributed by atoms with E-state index in [2.05, 4.69) is 15.3 Å². The number of rotatable bonds is 7. The van der Waals surface area contributed by atoms with Crippen LogP contribution in [0.5, 0.6) is 0 Å². The van der Waals surface area contributed by atoms with E-state index in [0.29, 0.717) is 41.5 Å². The number of halogens is 2. The number of hydrogen-bond acceptors (Lipinski definition) is 7. The van der Waals surface area contributed by atoms with Gasteiger partial charge in [-0.1, -0.05) is 6.07 Å². The Morgan fingerprint density at radius 2 is 2.03 bits per heavy atom. The highest BCUT2D eigenvalue weighted by molar-refractivity contribution is 7.90. The number of ether oxygens (including phenoxy) is 1. The largest absolute Gasteiger partial charge is 0.374 e. The molecule has 3 heterocycles. The average Bonchev–Trinajstić information content (AvgIpc) is 3.12. The molecule has 1 saturated carbocycles. The molecule has 2 atom stereocenters. The number of nitrogens with one attached hydrogen (secondary N) is 1. The molecule has 5 rings (SSSR count). The number of alkyl halides is 2. The Labute approximate surface area is 196 Å². The zero-order valence-corrected chi connectivity index (χ0v) is 19.7. The summed E-state index contributed by atoms with van der Waals surface area (Å²) >= 11 is 0. The smallest absolute Gasteiger partial charge is 0.258 e. The fraction of sp³-hybridized carbons (Fsp3) is 0.458. The molecule has 0 radical (unpaired) electrons. The van der Waals surface area contributed by atoms with Crippen LogP contribution < -0.4 is 5.32 Å². The van der Waals surface area contributed by atoms with Crippen molar-refractivity contribution in [3.8, 4) is 0 Å². The van der Waals surface area contributed by atoms with Crippen LogP contribution in [0.3, 0.4) is 0 Å². The minimum absolute atomic E-state index is 0.125. The summed E-state index contributed by atoms with van der Waals surface area (Å²) in [5, 5.41) is 3.17. The first-order chi connectivity index (χ1) is 16.0. The number of aliphatic imine (C=N–C) groups is 1. The van der Waals surface area contributed by atoms with Crippen molar-refractivity contribution in [3.05, 3.63) is 41.2 Å². The van der Waals surface area contributed by atoms with Crippen LogP contribution >= 0.6 is 0 Å². The molecule has 0 amide bonds. The summed E-state index contributed by atoms with van der Waals surface area (Å²) in [4.78, 5) is 21.5. The van der Waals surface area contributed by atoms with Gasteiger partial charge in [-0.3, -0.25) is 14.8 Å². The van der Waals surface area contributed by atoms with Crippen molar-refractivity contribution in [3.63, 3.8) is 0 Å². The van der Waals surface area contributed by atoms with Crippen LogP contribution in [0.25, 0.3) is 0 Å². The maximum atomic E-state index is 13.4. The summed E-state index contributed by atoms with van der Waals surface area (Å²) < 4.78 is 57.6. The van der Waals surface area contributed by atoms with E-state index in [9.17, 15) is 22.0 Å². The number of carbonyl (C=O) groups is 1. The molecule has 0 bridgehead atoms. The topological polar surface area (TPSA) is 97.7 Å². The molecule has 1 aliphatic carbocycles. The highest BCUT2D eigenvalue weighted by Crippen LogP contribution is 2.49. The van der Waals surface area contributed by atoms with E-state index in [1.54, 1.807) is 18.2 Å². The molecular formula is C24H25F2N3O4S. The number of benzene rings is 1. The van der Waals surface area contributed by atoms with Crippen LogP contribution in [0.4, 0.5) is 25.8 Å². The molecule has 0 spiro atoms. The molecule has 1 aromatic carbocycles. The van der Waals surface area contributed by atoms with E-state index < -0.39 is 33.9 Å². The maximum absolute atomic E-state index is 13.4. The fourth-order valence-electron chi connectivity index (χ4n) is 4.55. The summed E-state index contributed by atoms with van der Waals surface area (Å²) in [5.41, 5.74) is 4.02. The first kappa shape index (κ1) is 23.0. The molecule has 10 heteroatoms. The SMILES string of the molecule is CC1=Nc2c(Nc3ccc(C4CCCO4)cc3S(C)(=O)=O)cc(CC(=O)[C@@H]3CC3(F)F)nc2C1. The second kappa shape index (κ2) is 8.20. The first-order valence-electron chi connectivity index (χ1n) is 11.2. The Balaban J connectivity index is 1.50. The van der Waals surface area contributed by atoms with E-state index in [4.69, 9.17) is 4.74 Å². The molecule has 2 aromatic rings. The van der Waals surface area contributed by atoms with Gasteiger partial charge in [-0.15, -0.1) is 0 Å². The third-order valence-corrected chi connectivity index (χ3v) is 7.53. The van der Waals surface area contributed by atoms with E-state index in [1.165, 1.54) is 0 Å². The zero-order chi connectivity index (χ0) is 24.3. The highest BCUT2D eigenvalue weighted by atomic mass is 32.2. The number of hydrogen-bond donors (Lipinski definition) is 1. The number of fused-ring (bicyclic) bond motifs is 1. The normalized spacial score (nSPS) is 22.9. The quantitative estimate of drug-likeness (QED) is 0.615. The van der Waals surface area contributed by atoms with Gasteiger partial charge in [0.2, 0.25) is 0 Å². The predicted molar refractivity (Wildman–Crippen MR) is 123 cm³/mol. The minimum atomic E-state index is -3.58. The summed E-state index contributed by atoms with van der Waals surface area (Å²) in [5.74, 6) is -4.72. The first-order valence-corrected chi connectivity index (χ1v) is 13.1. The molecular weight excluding hydrogens is 464 g/mol. The van der Waals surface area contributed by atoms with Crippen molar-refractivity contribution in [1.82, 2.24) is 4.98 Å². The molecule has 2 aliphatic heterocycles. The summed E-state index contributed by atoms with van der Waals surface area (Å²) in [7, 11) is -3.58. The number of Topliss-reactive ketones (excluding diaryl/α,β-unsaturated/α-hetero) is 1. The zero-order valence-electron chi connectivity index (χ0n) is 18.9. The Bertz CT molecular complexity index is 1320. The van der Waals surface area contributed by atoms with Crippen LogP contribution in [0.1, 0.15) is 49.2 Å². The van der Waals surface area contributed by atoms with Crippen LogP contribution in [0.2, 0.25) is 0 Å². The van der Waals surface area contributed by atoms with Gasteiger partial charge in [-0.05, 0) is 43.5 Å². The molecule has 1 N–H and O–H groups in total. The Morgan fingerprint density at radius 3 is 2.68 bits per heavy atom. The van der Waals surface area contributed by atoms with Crippen LogP contribution in [0.15, 0.2) is 34.2 Å². The predicted octanol–water partition coefficient (Wildman–Crippen LogP) is 4.50. The van der Waals surface area contributed by atoms with E-state index in [1.807, 2.05) is 13.0 Å². The molecule has 180 valence electrons. The standard InChI is InChI=1S/C24H25F2N3O4S/c1-13-8-18-23(27-13)19(10-15(28-18)11-20(30)16-12-24(16,25)26)29-17-6-5-14(21-4-3-7-33-21)9-22(17)34(2,31)32/h5-6,9-10,16,21H,3-4,7-8,11-12H2,1-2H3,(H,28,29)/t16-,21?/m0/s1. The summed E-state index contributed by atoms with van der Waals surface area (Å²) in [6.45, 7) is 2.49. The van der Waals surface area contributed by atoms with Crippen molar-refractivity contribution in [2.45, 2.75) is 55.9 Å². The lowest BCUT2D eigenvalue weighted by atomic mass is 10.1. The Hall–Kier alpha value is -2.72. The van der Waals surface area contributed by atoms with Gasteiger partial charge in [0.25, 0.3) is 5.92 Å². The van der Waals surface area contributed by atoms with Gasteiger partial charge in [0, 0.05) is 37.8 Å². The molecule has 1 aromatic heterocycles. The Kier molecular flexibility index (Phi) is 5.55. The van der Waals surface area contributed by atoms with Gasteiger partial charge in [0.15, 0.2) is 9.84 Å². The average molecular weight is 490 g/mol. The van der Waals surface area contributed by atoms with E-state index in [0.717, 1.165) is 30.4 Å². The number of ketones is 1. The molecule has 1 saturated heterocycles. The third-order valence-electron chi connectivity index (χ3n) is 6.39. The number of nitrogens with zero attached hydrogens (tertiary/aromatic N) is 2. The maximum Gasteiger partial charge on any atom is 0.258 e. The molecule has 7 nitrogen and oxygen atoms in total. The van der Waals surface area contributed by atoms with E-state index in [-0.39, 0.29) is 17.4 Å². The lowest BCUT2D eigenvalue weighted by molar-refractivity contribution is -0.121. The van der Waals surface area contributed by atoms with Crippen molar-refractivity contribution in [1.29, 1.82) is 0 Å². The summed E-state index contributed by atoms with van der Waals surface area (Å²) in [6.07, 6.45) is 2.61. The van der Waals surface area contributed by atoms with E-state index >= 15 is 0 Å². The van der Waals surface area contributed by atoms with Gasteiger partial charge in [-0.25, -0.2) is 17.2 Å². The monoisotopic (exact) mass is 489 g/mol. The lowest BCUT2D eigenvalue weighted by Gasteiger charge is -2.17.